The summed E-state index contributed by atoms with van der Waals surface area (Å²) in [5.41, 5.74) is 3.45. The first-order valence-electron chi connectivity index (χ1n) is 11.5. The van der Waals surface area contributed by atoms with Crippen molar-refractivity contribution in [2.24, 2.45) is 5.92 Å². The number of nitrogens with zero attached hydrogens (tertiary/aromatic N) is 1. The molecule has 0 aromatic heterocycles. The van der Waals surface area contributed by atoms with E-state index in [0.717, 1.165) is 36.6 Å². The van der Waals surface area contributed by atoms with Crippen molar-refractivity contribution < 1.29 is 19.0 Å². The van der Waals surface area contributed by atoms with E-state index in [1.165, 1.54) is 11.1 Å². The maximum absolute atomic E-state index is 12.8. The molecule has 5 atom stereocenters. The molecule has 2 aliphatic heterocycles. The Morgan fingerprint density at radius 2 is 2.03 bits per heavy atom. The van der Waals surface area contributed by atoms with Crippen LogP contribution in [0, 0.1) is 5.92 Å². The smallest absolute Gasteiger partial charge is 0.407 e. The van der Waals surface area contributed by atoms with E-state index in [9.17, 15) is 4.79 Å². The molecule has 1 fully saturated rings. The summed E-state index contributed by atoms with van der Waals surface area (Å²) in [4.78, 5) is 15.1. The van der Waals surface area contributed by atoms with Gasteiger partial charge in [0.25, 0.3) is 0 Å². The second kappa shape index (κ2) is 8.00. The first-order chi connectivity index (χ1) is 15.4. The predicted octanol–water partition coefficient (Wildman–Crippen LogP) is 4.43. The van der Waals surface area contributed by atoms with Crippen LogP contribution in [0.5, 0.6) is 11.5 Å². The Hall–Kier alpha value is -2.73. The molecule has 2 heterocycles. The van der Waals surface area contributed by atoms with E-state index in [0.29, 0.717) is 6.42 Å². The van der Waals surface area contributed by atoms with Crippen molar-refractivity contribution in [2.75, 3.05) is 20.7 Å². The molecule has 1 amide bonds. The molecule has 5 rings (SSSR count). The maximum atomic E-state index is 12.8. The standard InChI is InChI=1S/C26H32N2O4/c1-16-21(31-25(29)27-17(2)18-8-6-5-7-9-18)14-22-26(16)12-13-28(3)15-19-10-11-20(30-4)24(32-22)23(19)26/h5-11,16-17,21-22H,12-15H2,1-4H3,(H,27,29)/t16?,17?,21-,22-,26+/m0/s1. The van der Waals surface area contributed by atoms with Crippen LogP contribution >= 0.6 is 0 Å². The number of amides is 1. The molecule has 3 aliphatic rings. The Balaban J connectivity index is 1.39. The molecule has 2 aromatic carbocycles. The number of ether oxygens (including phenoxy) is 3. The minimum atomic E-state index is -0.369. The maximum Gasteiger partial charge on any atom is 0.407 e. The second-order valence-corrected chi connectivity index (χ2v) is 9.51. The van der Waals surface area contributed by atoms with Gasteiger partial charge in [-0.3, -0.25) is 0 Å². The summed E-state index contributed by atoms with van der Waals surface area (Å²) < 4.78 is 18.2. The molecule has 1 N–H and O–H groups in total. The van der Waals surface area contributed by atoms with Crippen molar-refractivity contribution in [3.8, 4) is 11.5 Å². The first-order valence-corrected chi connectivity index (χ1v) is 11.5. The van der Waals surface area contributed by atoms with Crippen LogP contribution in [0.3, 0.4) is 0 Å². The van der Waals surface area contributed by atoms with Crippen LogP contribution in [-0.4, -0.2) is 43.9 Å². The van der Waals surface area contributed by atoms with Crippen LogP contribution in [0.2, 0.25) is 0 Å². The molecule has 0 saturated heterocycles. The summed E-state index contributed by atoms with van der Waals surface area (Å²) in [5, 5.41) is 2.99. The second-order valence-electron chi connectivity index (χ2n) is 9.51. The highest BCUT2D eigenvalue weighted by Gasteiger charge is 2.62. The van der Waals surface area contributed by atoms with E-state index < -0.39 is 0 Å². The molecular weight excluding hydrogens is 404 g/mol. The number of hydrogen-bond acceptors (Lipinski definition) is 5. The average Bonchev–Trinajstić information content (AvgIpc) is 3.18. The van der Waals surface area contributed by atoms with E-state index in [4.69, 9.17) is 14.2 Å². The van der Waals surface area contributed by atoms with Gasteiger partial charge in [0.15, 0.2) is 11.5 Å². The molecule has 1 spiro atoms. The minimum Gasteiger partial charge on any atom is -0.493 e. The largest absolute Gasteiger partial charge is 0.493 e. The van der Waals surface area contributed by atoms with Gasteiger partial charge in [-0.05, 0) is 44.1 Å². The number of carbonyl (C=O) groups is 1. The Labute approximate surface area is 189 Å². The van der Waals surface area contributed by atoms with Gasteiger partial charge in [0.2, 0.25) is 0 Å². The molecule has 0 radical (unpaired) electrons. The first kappa shape index (κ1) is 21.1. The van der Waals surface area contributed by atoms with E-state index in [-0.39, 0.29) is 35.7 Å². The lowest BCUT2D eigenvalue weighted by atomic mass is 9.69. The third-order valence-electron chi connectivity index (χ3n) is 7.78. The molecule has 1 saturated carbocycles. The van der Waals surface area contributed by atoms with E-state index in [2.05, 4.69) is 30.3 Å². The Kier molecular flexibility index (Phi) is 5.28. The predicted molar refractivity (Wildman–Crippen MR) is 122 cm³/mol. The van der Waals surface area contributed by atoms with Crippen LogP contribution in [0.25, 0.3) is 0 Å². The number of rotatable bonds is 4. The van der Waals surface area contributed by atoms with Crippen LogP contribution in [-0.2, 0) is 16.7 Å². The van der Waals surface area contributed by atoms with E-state index in [1.54, 1.807) is 7.11 Å². The molecule has 6 heteroatoms. The van der Waals surface area contributed by atoms with Crippen LogP contribution in [0.1, 0.15) is 49.4 Å². The average molecular weight is 437 g/mol. The SMILES string of the molecule is COc1ccc2c3c1O[C@H]1C[C@H](OC(=O)NC(C)c4ccccc4)C(C)[C@@]31CCN(C)C2. The van der Waals surface area contributed by atoms with Gasteiger partial charge in [0, 0.05) is 29.9 Å². The molecule has 0 bridgehead atoms. The summed E-state index contributed by atoms with van der Waals surface area (Å²) >= 11 is 0. The van der Waals surface area contributed by atoms with Gasteiger partial charge in [0.1, 0.15) is 12.2 Å². The third-order valence-corrected chi connectivity index (χ3v) is 7.78. The molecule has 6 nitrogen and oxygen atoms in total. The van der Waals surface area contributed by atoms with Crippen molar-refractivity contribution in [3.05, 3.63) is 59.2 Å². The zero-order chi connectivity index (χ0) is 22.5. The fraction of sp³-hybridized carbons (Fsp3) is 0.500. The fourth-order valence-electron chi connectivity index (χ4n) is 6.04. The molecule has 2 unspecified atom stereocenters. The number of carbonyl (C=O) groups excluding carboxylic acids is 1. The Bertz CT molecular complexity index is 1010. The Morgan fingerprint density at radius 3 is 2.78 bits per heavy atom. The topological polar surface area (TPSA) is 60.0 Å². The van der Waals surface area contributed by atoms with Crippen LogP contribution in [0.4, 0.5) is 4.79 Å². The normalized spacial score (nSPS) is 29.3. The number of methoxy groups -OCH3 is 1. The summed E-state index contributed by atoms with van der Waals surface area (Å²) in [6.07, 6.45) is 1.09. The summed E-state index contributed by atoms with van der Waals surface area (Å²) in [5.74, 6) is 1.82. The van der Waals surface area contributed by atoms with Gasteiger partial charge < -0.3 is 24.4 Å². The molecule has 170 valence electrons. The molecule has 1 aliphatic carbocycles. The molecular formula is C26H32N2O4. The lowest BCUT2D eigenvalue weighted by Gasteiger charge is -2.34. The van der Waals surface area contributed by atoms with E-state index >= 15 is 0 Å². The van der Waals surface area contributed by atoms with Crippen molar-refractivity contribution in [3.63, 3.8) is 0 Å². The summed E-state index contributed by atoms with van der Waals surface area (Å²) in [7, 11) is 3.86. The van der Waals surface area contributed by atoms with Gasteiger partial charge in [-0.2, -0.15) is 0 Å². The van der Waals surface area contributed by atoms with Crippen molar-refractivity contribution in [2.45, 2.75) is 56.9 Å². The number of nitrogens with one attached hydrogen (secondary N) is 1. The number of hydrogen-bond donors (Lipinski definition) is 1. The zero-order valence-electron chi connectivity index (χ0n) is 19.3. The summed E-state index contributed by atoms with van der Waals surface area (Å²) in [6.45, 7) is 6.05. The van der Waals surface area contributed by atoms with Gasteiger partial charge in [0.05, 0.1) is 13.2 Å². The number of benzene rings is 2. The van der Waals surface area contributed by atoms with Gasteiger partial charge in [-0.1, -0.05) is 43.3 Å². The highest BCUT2D eigenvalue weighted by molar-refractivity contribution is 5.68. The van der Waals surface area contributed by atoms with Gasteiger partial charge in [-0.15, -0.1) is 0 Å². The lowest BCUT2D eigenvalue weighted by Crippen LogP contribution is -2.41. The third kappa shape index (κ3) is 3.24. The monoisotopic (exact) mass is 436 g/mol. The quantitative estimate of drug-likeness (QED) is 0.769. The van der Waals surface area contributed by atoms with E-state index in [1.807, 2.05) is 43.3 Å². The zero-order valence-corrected chi connectivity index (χ0v) is 19.3. The Morgan fingerprint density at radius 1 is 1.25 bits per heavy atom. The van der Waals surface area contributed by atoms with Crippen LogP contribution in [0.15, 0.2) is 42.5 Å². The number of alkyl carbamates (subject to hydrolysis) is 1. The van der Waals surface area contributed by atoms with Crippen molar-refractivity contribution in [1.29, 1.82) is 0 Å². The van der Waals surface area contributed by atoms with Crippen molar-refractivity contribution >= 4 is 6.09 Å². The highest BCUT2D eigenvalue weighted by atomic mass is 16.6. The fourth-order valence-corrected chi connectivity index (χ4v) is 6.04. The molecule has 2 aromatic rings. The van der Waals surface area contributed by atoms with Crippen molar-refractivity contribution in [1.82, 2.24) is 10.2 Å². The molecule has 32 heavy (non-hydrogen) atoms. The minimum absolute atomic E-state index is 0.0154. The van der Waals surface area contributed by atoms with Crippen LogP contribution < -0.4 is 14.8 Å². The van der Waals surface area contributed by atoms with Gasteiger partial charge in [-0.25, -0.2) is 4.79 Å². The lowest BCUT2D eigenvalue weighted by molar-refractivity contribution is 0.0652. The summed E-state index contributed by atoms with van der Waals surface area (Å²) in [6, 6.07) is 14.0. The highest BCUT2D eigenvalue weighted by Crippen LogP contribution is 2.61. The van der Waals surface area contributed by atoms with Gasteiger partial charge >= 0.3 is 6.09 Å².